The van der Waals surface area contributed by atoms with Crippen molar-refractivity contribution in [2.24, 2.45) is 5.16 Å². The minimum absolute atomic E-state index is 0.199. The third-order valence-electron chi connectivity index (χ3n) is 4.53. The van der Waals surface area contributed by atoms with Crippen LogP contribution < -0.4 is 4.73 Å². The largest absolute Gasteiger partial charge is 0.618 e. The van der Waals surface area contributed by atoms with Gasteiger partial charge in [-0.3, -0.25) is 4.90 Å². The summed E-state index contributed by atoms with van der Waals surface area (Å²) in [5.41, 5.74) is 2.40. The van der Waals surface area contributed by atoms with Crippen LogP contribution in [0.5, 0.6) is 0 Å². The van der Waals surface area contributed by atoms with Gasteiger partial charge in [-0.05, 0) is 31.5 Å². The Bertz CT molecular complexity index is 734. The number of nitrogens with zero attached hydrogens (tertiary/aromatic N) is 3. The molecule has 3 rings (SSSR count). The smallest absolute Gasteiger partial charge is 0.197 e. The monoisotopic (exact) mass is 343 g/mol. The van der Waals surface area contributed by atoms with Gasteiger partial charge in [0, 0.05) is 30.8 Å². The first-order valence-electron chi connectivity index (χ1n) is 8.44. The highest BCUT2D eigenvalue weighted by molar-refractivity contribution is 6.01. The molecule has 1 aliphatic heterocycles. The second kappa shape index (κ2) is 8.07. The van der Waals surface area contributed by atoms with Crippen LogP contribution in [0.1, 0.15) is 30.0 Å². The second-order valence-corrected chi connectivity index (χ2v) is 6.25. The van der Waals surface area contributed by atoms with Crippen molar-refractivity contribution in [3.05, 3.63) is 70.9 Å². The first kappa shape index (κ1) is 17.4. The van der Waals surface area contributed by atoms with E-state index in [0.717, 1.165) is 47.6 Å². The third kappa shape index (κ3) is 4.33. The van der Waals surface area contributed by atoms with Gasteiger partial charge in [0.05, 0.1) is 5.92 Å². The molecule has 5 nitrogen and oxygen atoms in total. The molecule has 1 unspecified atom stereocenters. The molecule has 1 aliphatic rings. The van der Waals surface area contributed by atoms with Gasteiger partial charge in [-0.1, -0.05) is 23.4 Å². The average molecular weight is 343 g/mol. The molecule has 0 bridgehead atoms. The van der Waals surface area contributed by atoms with Crippen LogP contribution in [0.4, 0.5) is 4.39 Å². The van der Waals surface area contributed by atoms with Crippen molar-refractivity contribution in [2.45, 2.75) is 18.8 Å². The van der Waals surface area contributed by atoms with Crippen LogP contribution in [0.2, 0.25) is 0 Å². The Balaban J connectivity index is 1.73. The van der Waals surface area contributed by atoms with Crippen LogP contribution >= 0.6 is 0 Å². The van der Waals surface area contributed by atoms with Crippen molar-refractivity contribution in [1.29, 1.82) is 0 Å². The molecular weight excluding hydrogens is 321 g/mol. The zero-order chi connectivity index (χ0) is 17.6. The van der Waals surface area contributed by atoms with E-state index in [2.05, 4.69) is 10.1 Å². The molecular formula is C19H22FN3O2. The maximum absolute atomic E-state index is 13.2. The Morgan fingerprint density at radius 1 is 1.32 bits per heavy atom. The van der Waals surface area contributed by atoms with Crippen molar-refractivity contribution < 1.29 is 14.0 Å². The number of piperidine rings is 1. The molecule has 1 saturated heterocycles. The fourth-order valence-electron chi connectivity index (χ4n) is 3.34. The highest BCUT2D eigenvalue weighted by Gasteiger charge is 2.27. The van der Waals surface area contributed by atoms with Crippen LogP contribution in [0, 0.1) is 11.0 Å². The Morgan fingerprint density at radius 3 is 2.84 bits per heavy atom. The third-order valence-corrected chi connectivity index (χ3v) is 4.53. The Kier molecular flexibility index (Phi) is 5.60. The number of aromatic nitrogens is 1. The van der Waals surface area contributed by atoms with Crippen molar-refractivity contribution in [3.63, 3.8) is 0 Å². The van der Waals surface area contributed by atoms with E-state index in [4.69, 9.17) is 4.84 Å². The van der Waals surface area contributed by atoms with E-state index in [0.29, 0.717) is 6.54 Å². The quantitative estimate of drug-likeness (QED) is 0.363. The van der Waals surface area contributed by atoms with Gasteiger partial charge < -0.3 is 10.0 Å². The number of benzene rings is 1. The number of likely N-dealkylation sites (tertiary alicyclic amines) is 1. The lowest BCUT2D eigenvalue weighted by Gasteiger charge is -2.31. The van der Waals surface area contributed by atoms with Gasteiger partial charge in [0.2, 0.25) is 0 Å². The molecule has 1 aromatic heterocycles. The molecule has 6 heteroatoms. The average Bonchev–Trinajstić information content (AvgIpc) is 2.63. The second-order valence-electron chi connectivity index (χ2n) is 6.25. The highest BCUT2D eigenvalue weighted by Crippen LogP contribution is 2.24. The molecule has 0 saturated carbocycles. The molecule has 1 fully saturated rings. The zero-order valence-electron chi connectivity index (χ0n) is 14.3. The number of rotatable bonds is 5. The van der Waals surface area contributed by atoms with Crippen molar-refractivity contribution in [1.82, 2.24) is 4.90 Å². The van der Waals surface area contributed by atoms with Gasteiger partial charge in [-0.2, -0.15) is 4.73 Å². The Labute approximate surface area is 146 Å². The molecule has 25 heavy (non-hydrogen) atoms. The molecule has 2 aromatic rings. The molecule has 1 atom stereocenters. The van der Waals surface area contributed by atoms with E-state index < -0.39 is 0 Å². The van der Waals surface area contributed by atoms with Gasteiger partial charge in [-0.25, -0.2) is 4.39 Å². The van der Waals surface area contributed by atoms with Crippen molar-refractivity contribution in [2.75, 3.05) is 26.7 Å². The molecule has 1 aromatic carbocycles. The number of pyridine rings is 1. The number of hydrogen-bond acceptors (Lipinski definition) is 4. The lowest BCUT2D eigenvalue weighted by atomic mass is 9.93. The highest BCUT2D eigenvalue weighted by atomic mass is 19.1. The predicted octanol–water partition coefficient (Wildman–Crippen LogP) is 2.69. The topological polar surface area (TPSA) is 51.8 Å². The van der Waals surface area contributed by atoms with E-state index in [1.165, 1.54) is 19.2 Å². The minimum Gasteiger partial charge on any atom is -0.618 e. The first-order chi connectivity index (χ1) is 12.2. The van der Waals surface area contributed by atoms with Crippen LogP contribution in [0.25, 0.3) is 0 Å². The maximum Gasteiger partial charge on any atom is 0.197 e. The Morgan fingerprint density at radius 2 is 2.12 bits per heavy atom. The summed E-state index contributed by atoms with van der Waals surface area (Å²) in [6.07, 6.45) is 3.56. The van der Waals surface area contributed by atoms with E-state index in [1.54, 1.807) is 24.4 Å². The zero-order valence-corrected chi connectivity index (χ0v) is 14.3. The summed E-state index contributed by atoms with van der Waals surface area (Å²) in [5.74, 6) is -0.0768. The van der Waals surface area contributed by atoms with Gasteiger partial charge >= 0.3 is 0 Å². The van der Waals surface area contributed by atoms with Gasteiger partial charge in [-0.15, -0.1) is 0 Å². The predicted molar refractivity (Wildman–Crippen MR) is 93.8 cm³/mol. The minimum atomic E-state index is -0.275. The van der Waals surface area contributed by atoms with Crippen LogP contribution in [0.15, 0.2) is 53.8 Å². The fraction of sp³-hybridized carbons (Fsp3) is 0.368. The van der Waals surface area contributed by atoms with Gasteiger partial charge in [0.15, 0.2) is 11.9 Å². The first-order valence-corrected chi connectivity index (χ1v) is 8.44. The summed E-state index contributed by atoms with van der Waals surface area (Å²) >= 11 is 0. The maximum atomic E-state index is 13.2. The lowest BCUT2D eigenvalue weighted by Crippen LogP contribution is -2.42. The molecule has 0 spiro atoms. The molecule has 2 heterocycles. The van der Waals surface area contributed by atoms with Crippen LogP contribution in [-0.2, 0) is 4.84 Å². The molecule has 0 radical (unpaired) electrons. The fourth-order valence-corrected chi connectivity index (χ4v) is 3.34. The van der Waals surface area contributed by atoms with E-state index >= 15 is 0 Å². The summed E-state index contributed by atoms with van der Waals surface area (Å²) in [6, 6.07) is 11.8. The standard InChI is InChI=1S/C19H22FN3O2/c1-25-21-18(15-7-9-17(20)10-8-15)14-22-11-4-5-16(13-22)19-6-2-3-12-23(19)24/h2-3,6-10,12,16H,4-5,11,13-14H2,1H3. The van der Waals surface area contributed by atoms with E-state index in [9.17, 15) is 9.60 Å². The lowest BCUT2D eigenvalue weighted by molar-refractivity contribution is -0.615. The van der Waals surface area contributed by atoms with Crippen molar-refractivity contribution in [3.8, 4) is 0 Å². The summed E-state index contributed by atoms with van der Waals surface area (Å²) in [6.45, 7) is 2.32. The molecule has 0 N–H and O–H groups in total. The van der Waals surface area contributed by atoms with Crippen LogP contribution in [0.3, 0.4) is 0 Å². The van der Waals surface area contributed by atoms with Gasteiger partial charge in [0.1, 0.15) is 18.6 Å². The van der Waals surface area contributed by atoms with Gasteiger partial charge in [0.25, 0.3) is 0 Å². The van der Waals surface area contributed by atoms with Crippen molar-refractivity contribution >= 4 is 5.71 Å². The summed E-state index contributed by atoms with van der Waals surface area (Å²) in [7, 11) is 1.51. The molecule has 0 aliphatic carbocycles. The van der Waals surface area contributed by atoms with E-state index in [1.807, 2.05) is 12.1 Å². The number of hydrogen-bond donors (Lipinski definition) is 0. The number of oxime groups is 1. The van der Waals surface area contributed by atoms with Crippen LogP contribution in [-0.4, -0.2) is 37.4 Å². The molecule has 0 amide bonds. The summed E-state index contributed by atoms with van der Waals surface area (Å²) in [5, 5.41) is 16.1. The summed E-state index contributed by atoms with van der Waals surface area (Å²) in [4.78, 5) is 7.24. The number of halogens is 1. The molecule has 132 valence electrons. The SMILES string of the molecule is CON=C(CN1CCCC(c2cccc[n+]2[O-])C1)c1ccc(F)cc1. The Hall–Kier alpha value is -2.47. The van der Waals surface area contributed by atoms with E-state index in [-0.39, 0.29) is 11.7 Å². The summed E-state index contributed by atoms with van der Waals surface area (Å²) < 4.78 is 14.1. The normalized spacial score (nSPS) is 19.0.